The van der Waals surface area contributed by atoms with Gasteiger partial charge in [-0.15, -0.1) is 0 Å². The standard InChI is InChI=1S/C20H19ClF4N2O2/c1-10-17(14-5-3-12(22)7-15(14)21)18(10)19(28)27-11(2)16-6-4-13(8-26-16)29-9-20(23,24)25/h3-8,10-11,17-18H,9H2,1-2H3,(H,27,28)/t10-,11+,17+,18-/m1/s1. The molecule has 1 saturated carbocycles. The van der Waals surface area contributed by atoms with Gasteiger partial charge in [0, 0.05) is 16.9 Å². The number of benzene rings is 1. The fourth-order valence-electron chi connectivity index (χ4n) is 3.40. The highest BCUT2D eigenvalue weighted by atomic mass is 35.5. The third-order valence-electron chi connectivity index (χ3n) is 4.97. The largest absolute Gasteiger partial charge is 0.483 e. The molecule has 0 unspecified atom stereocenters. The maximum Gasteiger partial charge on any atom is 0.422 e. The van der Waals surface area contributed by atoms with E-state index in [1.165, 1.54) is 30.5 Å². The lowest BCUT2D eigenvalue weighted by molar-refractivity contribution is -0.153. The van der Waals surface area contributed by atoms with Gasteiger partial charge >= 0.3 is 6.18 Å². The predicted molar refractivity (Wildman–Crippen MR) is 99.1 cm³/mol. The van der Waals surface area contributed by atoms with Crippen molar-refractivity contribution in [2.45, 2.75) is 32.0 Å². The van der Waals surface area contributed by atoms with Crippen LogP contribution in [0.2, 0.25) is 5.02 Å². The first-order valence-electron chi connectivity index (χ1n) is 8.97. The SMILES string of the molecule is C[C@H]1[C@@H](C(=O)N[C@@H](C)c2ccc(OCC(F)(F)F)cn2)[C@@H]1c1ccc(F)cc1Cl. The van der Waals surface area contributed by atoms with Crippen LogP contribution in [0.4, 0.5) is 17.6 Å². The van der Waals surface area contributed by atoms with Crippen LogP contribution in [0.1, 0.15) is 37.1 Å². The summed E-state index contributed by atoms with van der Waals surface area (Å²) in [7, 11) is 0. The number of alkyl halides is 3. The number of aromatic nitrogens is 1. The van der Waals surface area contributed by atoms with E-state index in [1.54, 1.807) is 13.0 Å². The van der Waals surface area contributed by atoms with Crippen LogP contribution in [0, 0.1) is 17.7 Å². The molecule has 1 aliphatic rings. The Labute approximate surface area is 170 Å². The number of pyridine rings is 1. The number of halogens is 5. The molecule has 0 aliphatic heterocycles. The molecule has 0 spiro atoms. The minimum absolute atomic E-state index is 0.00793. The van der Waals surface area contributed by atoms with E-state index in [9.17, 15) is 22.4 Å². The molecule has 0 bridgehead atoms. The number of ether oxygens (including phenoxy) is 1. The molecule has 156 valence electrons. The summed E-state index contributed by atoms with van der Waals surface area (Å²) < 4.78 is 54.4. The smallest absolute Gasteiger partial charge is 0.422 e. The number of nitrogens with one attached hydrogen (secondary N) is 1. The van der Waals surface area contributed by atoms with Crippen molar-refractivity contribution in [3.8, 4) is 5.75 Å². The van der Waals surface area contributed by atoms with Crippen LogP contribution in [-0.2, 0) is 4.79 Å². The molecule has 29 heavy (non-hydrogen) atoms. The molecule has 1 aromatic carbocycles. The number of nitrogens with zero attached hydrogens (tertiary/aromatic N) is 1. The van der Waals surface area contributed by atoms with E-state index in [4.69, 9.17) is 11.6 Å². The van der Waals surface area contributed by atoms with Gasteiger partial charge in [-0.1, -0.05) is 24.6 Å². The first kappa shape index (κ1) is 21.4. The zero-order valence-electron chi connectivity index (χ0n) is 15.6. The fraction of sp³-hybridized carbons (Fsp3) is 0.400. The monoisotopic (exact) mass is 430 g/mol. The normalized spacial score (nSPS) is 22.1. The van der Waals surface area contributed by atoms with Crippen LogP contribution < -0.4 is 10.1 Å². The minimum Gasteiger partial charge on any atom is -0.483 e. The van der Waals surface area contributed by atoms with Gasteiger partial charge in [0.25, 0.3) is 0 Å². The second kappa shape index (κ2) is 8.18. The molecule has 1 fully saturated rings. The molecular weight excluding hydrogens is 412 g/mol. The van der Waals surface area contributed by atoms with Crippen molar-refractivity contribution in [2.24, 2.45) is 11.8 Å². The highest BCUT2D eigenvalue weighted by Gasteiger charge is 2.53. The van der Waals surface area contributed by atoms with Gasteiger partial charge in [0.1, 0.15) is 11.6 Å². The highest BCUT2D eigenvalue weighted by molar-refractivity contribution is 6.31. The third-order valence-corrected chi connectivity index (χ3v) is 5.29. The maximum absolute atomic E-state index is 13.2. The molecule has 1 aliphatic carbocycles. The third kappa shape index (κ3) is 5.18. The van der Waals surface area contributed by atoms with Crippen molar-refractivity contribution in [2.75, 3.05) is 6.61 Å². The fourth-order valence-corrected chi connectivity index (χ4v) is 3.69. The van der Waals surface area contributed by atoms with E-state index in [0.29, 0.717) is 10.7 Å². The van der Waals surface area contributed by atoms with Crippen LogP contribution in [0.25, 0.3) is 0 Å². The summed E-state index contributed by atoms with van der Waals surface area (Å²) in [5.74, 6) is -0.969. The first-order chi connectivity index (χ1) is 13.6. The molecule has 4 nitrogen and oxygen atoms in total. The van der Waals surface area contributed by atoms with Gasteiger partial charge in [0.15, 0.2) is 6.61 Å². The van der Waals surface area contributed by atoms with E-state index < -0.39 is 24.6 Å². The molecule has 2 aromatic rings. The van der Waals surface area contributed by atoms with Gasteiger partial charge in [-0.2, -0.15) is 13.2 Å². The molecule has 9 heteroatoms. The molecule has 1 N–H and O–H groups in total. The predicted octanol–water partition coefficient (Wildman–Crippen LogP) is 5.04. The Balaban J connectivity index is 1.59. The lowest BCUT2D eigenvalue weighted by atomic mass is 10.1. The molecular formula is C20H19ClF4N2O2. The van der Waals surface area contributed by atoms with E-state index in [1.807, 2.05) is 6.92 Å². The summed E-state index contributed by atoms with van der Waals surface area (Å²) in [5.41, 5.74) is 1.22. The van der Waals surface area contributed by atoms with Crippen LogP contribution in [-0.4, -0.2) is 23.7 Å². The van der Waals surface area contributed by atoms with Crippen molar-refractivity contribution in [1.82, 2.24) is 10.3 Å². The van der Waals surface area contributed by atoms with E-state index in [-0.39, 0.29) is 29.4 Å². The Morgan fingerprint density at radius 3 is 2.62 bits per heavy atom. The van der Waals surface area contributed by atoms with E-state index >= 15 is 0 Å². The number of amides is 1. The number of rotatable bonds is 6. The second-order valence-corrected chi connectivity index (χ2v) is 7.54. The summed E-state index contributed by atoms with van der Waals surface area (Å²) in [4.78, 5) is 16.7. The summed E-state index contributed by atoms with van der Waals surface area (Å²) in [6.07, 6.45) is -3.24. The average molecular weight is 431 g/mol. The van der Waals surface area contributed by atoms with Crippen molar-refractivity contribution in [1.29, 1.82) is 0 Å². The number of carbonyl (C=O) groups is 1. The van der Waals surface area contributed by atoms with Crippen LogP contribution >= 0.6 is 11.6 Å². The molecule has 0 saturated heterocycles. The topological polar surface area (TPSA) is 51.2 Å². The summed E-state index contributed by atoms with van der Waals surface area (Å²) in [5, 5.41) is 3.15. The Hall–Kier alpha value is -2.35. The van der Waals surface area contributed by atoms with Crippen molar-refractivity contribution < 1.29 is 27.1 Å². The van der Waals surface area contributed by atoms with E-state index in [0.717, 1.165) is 5.56 Å². The molecule has 4 atom stereocenters. The Kier molecular flexibility index (Phi) is 6.03. The summed E-state index contributed by atoms with van der Waals surface area (Å²) in [6, 6.07) is 6.56. The quantitative estimate of drug-likeness (QED) is 0.653. The van der Waals surface area contributed by atoms with Crippen molar-refractivity contribution in [3.05, 3.63) is 58.6 Å². The zero-order chi connectivity index (χ0) is 21.3. The number of carbonyl (C=O) groups excluding carboxylic acids is 1. The number of hydrogen-bond acceptors (Lipinski definition) is 3. The van der Waals surface area contributed by atoms with Gasteiger partial charge in [-0.05, 0) is 42.7 Å². The van der Waals surface area contributed by atoms with Gasteiger partial charge in [-0.25, -0.2) is 4.39 Å². The molecule has 1 amide bonds. The van der Waals surface area contributed by atoms with Gasteiger partial charge in [-0.3, -0.25) is 9.78 Å². The zero-order valence-corrected chi connectivity index (χ0v) is 16.4. The minimum atomic E-state index is -4.43. The van der Waals surface area contributed by atoms with Crippen LogP contribution in [0.5, 0.6) is 5.75 Å². The van der Waals surface area contributed by atoms with Gasteiger partial charge in [0.2, 0.25) is 5.91 Å². The Bertz CT molecular complexity index is 889. The van der Waals surface area contributed by atoms with E-state index in [2.05, 4.69) is 15.0 Å². The summed E-state index contributed by atoms with van der Waals surface area (Å²) >= 11 is 6.11. The average Bonchev–Trinajstić information content (AvgIpc) is 3.30. The van der Waals surface area contributed by atoms with Crippen molar-refractivity contribution in [3.63, 3.8) is 0 Å². The lowest BCUT2D eigenvalue weighted by Gasteiger charge is -2.15. The molecule has 1 heterocycles. The lowest BCUT2D eigenvalue weighted by Crippen LogP contribution is -2.29. The molecule has 0 radical (unpaired) electrons. The molecule has 1 aromatic heterocycles. The van der Waals surface area contributed by atoms with Crippen LogP contribution in [0.3, 0.4) is 0 Å². The Morgan fingerprint density at radius 1 is 1.31 bits per heavy atom. The van der Waals surface area contributed by atoms with Gasteiger partial charge in [0.05, 0.1) is 17.9 Å². The maximum atomic E-state index is 13.2. The first-order valence-corrected chi connectivity index (χ1v) is 9.35. The number of hydrogen-bond donors (Lipinski definition) is 1. The summed E-state index contributed by atoms with van der Waals surface area (Å²) in [6.45, 7) is 2.25. The Morgan fingerprint density at radius 2 is 2.03 bits per heavy atom. The highest BCUT2D eigenvalue weighted by Crippen LogP contribution is 2.55. The van der Waals surface area contributed by atoms with Gasteiger partial charge < -0.3 is 10.1 Å². The molecule has 3 rings (SSSR count). The second-order valence-electron chi connectivity index (χ2n) is 7.13. The van der Waals surface area contributed by atoms with Crippen LogP contribution in [0.15, 0.2) is 36.5 Å². The van der Waals surface area contributed by atoms with Crippen molar-refractivity contribution >= 4 is 17.5 Å².